The van der Waals surface area contributed by atoms with Crippen LogP contribution >= 0.6 is 11.8 Å². The Morgan fingerprint density at radius 3 is 1.80 bits per heavy atom. The molecule has 0 bridgehead atoms. The van der Waals surface area contributed by atoms with Gasteiger partial charge in [0.25, 0.3) is 13.4 Å². The van der Waals surface area contributed by atoms with Crippen LogP contribution in [-0.2, 0) is 0 Å². The number of nitrogens with zero attached hydrogens (tertiary/aromatic N) is 2. The Morgan fingerprint density at radius 2 is 0.986 bits per heavy atom. The van der Waals surface area contributed by atoms with Gasteiger partial charge in [0.1, 0.15) is 23.0 Å². The van der Waals surface area contributed by atoms with E-state index in [0.29, 0.717) is 0 Å². The minimum Gasteiger partial charge on any atom is -0.458 e. The van der Waals surface area contributed by atoms with Gasteiger partial charge in [-0.05, 0) is 122 Å². The third-order valence-corrected chi connectivity index (χ3v) is 15.9. The number of ether oxygens (including phenoxy) is 2. The quantitative estimate of drug-likeness (QED) is 0.155. The molecular formula is C64H40B2N2O2S. The number of fused-ring (bicyclic) bond motifs is 9. The van der Waals surface area contributed by atoms with Crippen molar-refractivity contribution in [3.05, 3.63) is 243 Å². The fraction of sp³-hybridized carbons (Fsp3) is 0. The van der Waals surface area contributed by atoms with E-state index in [4.69, 9.17) is 9.47 Å². The fourth-order valence-corrected chi connectivity index (χ4v) is 12.9. The molecule has 330 valence electrons. The second kappa shape index (κ2) is 16.0. The zero-order chi connectivity index (χ0) is 46.6. The molecule has 0 saturated carbocycles. The largest absolute Gasteiger partial charge is 0.458 e. The van der Waals surface area contributed by atoms with Gasteiger partial charge in [0.05, 0.1) is 11.4 Å². The van der Waals surface area contributed by atoms with Crippen LogP contribution in [0.25, 0.3) is 33.0 Å². The highest BCUT2D eigenvalue weighted by Crippen LogP contribution is 2.49. The van der Waals surface area contributed by atoms with Gasteiger partial charge in [0, 0.05) is 50.2 Å². The van der Waals surface area contributed by atoms with E-state index < -0.39 is 0 Å². The van der Waals surface area contributed by atoms with Crippen molar-refractivity contribution in [1.82, 2.24) is 0 Å². The Balaban J connectivity index is 1.00. The van der Waals surface area contributed by atoms with Crippen LogP contribution in [0.1, 0.15) is 0 Å². The van der Waals surface area contributed by atoms with Gasteiger partial charge < -0.3 is 19.3 Å². The molecule has 0 fully saturated rings. The first kappa shape index (κ1) is 40.3. The molecule has 0 N–H and O–H groups in total. The first-order chi connectivity index (χ1) is 35.2. The third kappa shape index (κ3) is 6.36. The second-order valence-electron chi connectivity index (χ2n) is 18.7. The van der Waals surface area contributed by atoms with Gasteiger partial charge in [-0.15, -0.1) is 0 Å². The summed E-state index contributed by atoms with van der Waals surface area (Å²) in [5.41, 5.74) is 18.2. The van der Waals surface area contributed by atoms with Crippen molar-refractivity contribution in [2.45, 2.75) is 9.79 Å². The van der Waals surface area contributed by atoms with Crippen molar-refractivity contribution in [2.24, 2.45) is 0 Å². The first-order valence-electron chi connectivity index (χ1n) is 24.3. The molecule has 0 amide bonds. The number of benzene rings is 11. The second-order valence-corrected chi connectivity index (χ2v) is 19.8. The van der Waals surface area contributed by atoms with Gasteiger partial charge in [-0.2, -0.15) is 0 Å². The van der Waals surface area contributed by atoms with E-state index in [-0.39, 0.29) is 13.4 Å². The van der Waals surface area contributed by atoms with Gasteiger partial charge in [0.2, 0.25) is 0 Å². The average Bonchev–Trinajstić information content (AvgIpc) is 3.43. The predicted octanol–water partition coefficient (Wildman–Crippen LogP) is 13.1. The number of rotatable bonds is 6. The molecule has 0 saturated heterocycles. The number of para-hydroxylation sites is 4. The Hall–Kier alpha value is -8.64. The molecule has 7 heteroatoms. The van der Waals surface area contributed by atoms with Crippen molar-refractivity contribution >= 4 is 103 Å². The van der Waals surface area contributed by atoms with Gasteiger partial charge in [-0.25, -0.2) is 0 Å². The smallest absolute Gasteiger partial charge is 0.256 e. The summed E-state index contributed by atoms with van der Waals surface area (Å²) in [5, 5.41) is 2.42. The van der Waals surface area contributed by atoms with E-state index in [2.05, 4.69) is 252 Å². The number of anilines is 6. The Morgan fingerprint density at radius 1 is 0.338 bits per heavy atom. The summed E-state index contributed by atoms with van der Waals surface area (Å²) < 4.78 is 14.5. The van der Waals surface area contributed by atoms with E-state index in [1.807, 2.05) is 11.8 Å². The van der Waals surface area contributed by atoms with Crippen LogP contribution in [0.4, 0.5) is 34.1 Å². The van der Waals surface area contributed by atoms with Gasteiger partial charge in [-0.3, -0.25) is 0 Å². The van der Waals surface area contributed by atoms with Crippen molar-refractivity contribution in [1.29, 1.82) is 0 Å². The number of hydrogen-bond acceptors (Lipinski definition) is 5. The molecule has 4 nitrogen and oxygen atoms in total. The highest BCUT2D eigenvalue weighted by Gasteiger charge is 2.46. The number of hydrogen-bond donors (Lipinski definition) is 0. The van der Waals surface area contributed by atoms with E-state index in [1.54, 1.807) is 0 Å². The van der Waals surface area contributed by atoms with Crippen molar-refractivity contribution in [3.63, 3.8) is 0 Å². The molecule has 4 aliphatic rings. The molecule has 0 atom stereocenters. The maximum absolute atomic E-state index is 7.48. The summed E-state index contributed by atoms with van der Waals surface area (Å²) in [7, 11) is 0. The molecule has 15 rings (SSSR count). The van der Waals surface area contributed by atoms with Gasteiger partial charge in [0.15, 0.2) is 0 Å². The summed E-state index contributed by atoms with van der Waals surface area (Å²) in [5.74, 6) is 3.48. The zero-order valence-electron chi connectivity index (χ0n) is 38.4. The summed E-state index contributed by atoms with van der Waals surface area (Å²) in [6.45, 7) is -0.168. The van der Waals surface area contributed by atoms with Crippen LogP contribution in [0.5, 0.6) is 23.0 Å². The lowest BCUT2D eigenvalue weighted by Crippen LogP contribution is -2.63. The molecule has 4 heterocycles. The monoisotopic (exact) mass is 922 g/mol. The molecular weight excluding hydrogens is 882 g/mol. The van der Waals surface area contributed by atoms with Crippen molar-refractivity contribution in [3.8, 4) is 45.3 Å². The summed E-state index contributed by atoms with van der Waals surface area (Å²) in [6.07, 6.45) is 0. The lowest BCUT2D eigenvalue weighted by molar-refractivity contribution is 0.486. The Bertz CT molecular complexity index is 3920. The first-order valence-corrected chi connectivity index (χ1v) is 25.1. The minimum atomic E-state index is -0.110. The van der Waals surface area contributed by atoms with Gasteiger partial charge in [-0.1, -0.05) is 181 Å². The van der Waals surface area contributed by atoms with Crippen LogP contribution in [0.3, 0.4) is 0 Å². The van der Waals surface area contributed by atoms with Crippen LogP contribution in [0, 0.1) is 0 Å². The van der Waals surface area contributed by atoms with Crippen molar-refractivity contribution in [2.75, 3.05) is 9.80 Å². The molecule has 11 aromatic rings. The molecule has 11 aromatic carbocycles. The fourth-order valence-electron chi connectivity index (χ4n) is 11.7. The molecule has 0 aliphatic carbocycles. The standard InChI is InChI=1S/C64H40B2N2O2S/c1-4-18-41(19-5-1)45-35-56-63-59(36-45)69-57-30-16-13-27-50(57)65(63)52-39-53-58(40-55(52)68(56)54-29-15-12-26-49(54)44-33-32-42-20-10-11-21-43(42)34-44)70-60-37-48(38-62-64(60)66(53)51-28-14-17-31-61(51)71-62)67(46-22-6-2-7-23-46)47-24-8-3-9-25-47/h1-40H. The average molecular weight is 923 g/mol. The molecule has 0 radical (unpaired) electrons. The SMILES string of the molecule is c1ccc(-c2cc3c4c(c2)N(c2ccccc2-c2ccc5ccccc5c2)c2cc5c(cc2B4c2ccccc2O3)B2c3ccccc3Sc3cc(N(c4ccccc4)c4ccccc4)cc(c32)O5)cc1. The maximum atomic E-state index is 7.48. The Kier molecular flexibility index (Phi) is 9.05. The molecule has 71 heavy (non-hydrogen) atoms. The van der Waals surface area contributed by atoms with Crippen LogP contribution in [-0.4, -0.2) is 13.4 Å². The van der Waals surface area contributed by atoms with E-state index >= 15 is 0 Å². The van der Waals surface area contributed by atoms with E-state index in [9.17, 15) is 0 Å². The molecule has 0 unspecified atom stereocenters. The summed E-state index contributed by atoms with van der Waals surface area (Å²) in [4.78, 5) is 7.29. The van der Waals surface area contributed by atoms with Crippen LogP contribution in [0.2, 0.25) is 0 Å². The van der Waals surface area contributed by atoms with Crippen LogP contribution < -0.4 is 52.1 Å². The summed E-state index contributed by atoms with van der Waals surface area (Å²) >= 11 is 1.84. The van der Waals surface area contributed by atoms with Gasteiger partial charge >= 0.3 is 0 Å². The zero-order valence-corrected chi connectivity index (χ0v) is 39.2. The lowest BCUT2D eigenvalue weighted by Gasteiger charge is -2.42. The lowest BCUT2D eigenvalue weighted by atomic mass is 9.31. The van der Waals surface area contributed by atoms with E-state index in [1.165, 1.54) is 42.4 Å². The molecule has 0 spiro atoms. The third-order valence-electron chi connectivity index (χ3n) is 14.8. The maximum Gasteiger partial charge on any atom is 0.256 e. The normalized spacial score (nSPS) is 13.2. The highest BCUT2D eigenvalue weighted by atomic mass is 32.2. The Labute approximate surface area is 417 Å². The summed E-state index contributed by atoms with van der Waals surface area (Å²) in [6, 6.07) is 87.9. The highest BCUT2D eigenvalue weighted by molar-refractivity contribution is 8.00. The topological polar surface area (TPSA) is 24.9 Å². The molecule has 0 aromatic heterocycles. The van der Waals surface area contributed by atoms with E-state index in [0.717, 1.165) is 90.3 Å². The minimum absolute atomic E-state index is 0.0582. The predicted molar refractivity (Wildman–Crippen MR) is 297 cm³/mol. The molecule has 4 aliphatic heterocycles. The van der Waals surface area contributed by atoms with Crippen molar-refractivity contribution < 1.29 is 9.47 Å². The van der Waals surface area contributed by atoms with Crippen LogP contribution in [0.15, 0.2) is 252 Å².